The summed E-state index contributed by atoms with van der Waals surface area (Å²) in [5.74, 6) is -2.10. The molecule has 2 amide bonds. The van der Waals surface area contributed by atoms with Gasteiger partial charge in [0.2, 0.25) is 5.79 Å². The molecule has 13 heteroatoms. The Hall–Kier alpha value is -5.24. The number of benzene rings is 3. The topological polar surface area (TPSA) is 148 Å². The highest BCUT2D eigenvalue weighted by Crippen LogP contribution is 2.62. The molecule has 1 saturated carbocycles. The van der Waals surface area contributed by atoms with Crippen LogP contribution < -0.4 is 14.8 Å². The summed E-state index contributed by atoms with van der Waals surface area (Å²) in [6.45, 7) is 8.45. The van der Waals surface area contributed by atoms with Gasteiger partial charge in [-0.3, -0.25) is 4.90 Å². The highest BCUT2D eigenvalue weighted by molar-refractivity contribution is 6.03. The maximum Gasteiger partial charge on any atom is 0.412 e. The fraction of sp³-hybridized carbons (Fsp3) is 0.468. The highest BCUT2D eigenvalue weighted by Gasteiger charge is 2.65. The predicted molar refractivity (Wildman–Crippen MR) is 225 cm³/mol. The lowest BCUT2D eigenvalue weighted by Gasteiger charge is -2.59. The van der Waals surface area contributed by atoms with Crippen LogP contribution in [0.5, 0.6) is 11.5 Å². The maximum atomic E-state index is 14.4. The summed E-state index contributed by atoms with van der Waals surface area (Å²) in [6.07, 6.45) is 7.09. The molecule has 0 aromatic heterocycles. The number of unbranched alkanes of at least 4 members (excludes halogenated alkanes) is 2. The number of hydrogen-bond donors (Lipinski definition) is 3. The van der Waals surface area contributed by atoms with Gasteiger partial charge < -0.3 is 39.3 Å². The number of hydrogen-bond acceptors (Lipinski definition) is 10. The second-order valence-electron chi connectivity index (χ2n) is 15.4. The number of carbonyl (C=O) groups is 2. The molecule has 0 unspecified atom stereocenters. The molecular formula is C47H58FN3O9. The van der Waals surface area contributed by atoms with Crippen LogP contribution in [0.15, 0.2) is 102 Å². The number of halogens is 1. The van der Waals surface area contributed by atoms with Crippen LogP contribution in [0.25, 0.3) is 0 Å². The van der Waals surface area contributed by atoms with Crippen LogP contribution in [0.3, 0.4) is 0 Å². The van der Waals surface area contributed by atoms with Crippen LogP contribution in [0.2, 0.25) is 0 Å². The molecule has 322 valence electrons. The van der Waals surface area contributed by atoms with Gasteiger partial charge in [0.05, 0.1) is 24.8 Å². The van der Waals surface area contributed by atoms with E-state index < -0.39 is 35.8 Å². The highest BCUT2D eigenvalue weighted by atomic mass is 19.1. The van der Waals surface area contributed by atoms with Crippen molar-refractivity contribution in [2.24, 2.45) is 22.9 Å². The van der Waals surface area contributed by atoms with Crippen LogP contribution in [-0.2, 0) is 27.5 Å². The average Bonchev–Trinajstić information content (AvgIpc) is 3.25. The summed E-state index contributed by atoms with van der Waals surface area (Å²) < 4.78 is 40.0. The fourth-order valence-electron chi connectivity index (χ4n) is 9.05. The number of fused-ring (bicyclic) bond motifs is 2. The number of aliphatic hydroxyl groups excluding tert-OH is 2. The molecular weight excluding hydrogens is 770 g/mol. The zero-order valence-electron chi connectivity index (χ0n) is 34.6. The molecule has 0 spiro atoms. The Labute approximate surface area is 352 Å². The fourth-order valence-corrected chi connectivity index (χ4v) is 9.05. The van der Waals surface area contributed by atoms with Gasteiger partial charge in [-0.2, -0.15) is 0 Å². The first kappa shape index (κ1) is 44.3. The molecule has 60 heavy (non-hydrogen) atoms. The third-order valence-corrected chi connectivity index (χ3v) is 11.6. The van der Waals surface area contributed by atoms with Gasteiger partial charge in [0.1, 0.15) is 30.0 Å². The first-order valence-corrected chi connectivity index (χ1v) is 21.1. The van der Waals surface area contributed by atoms with Crippen molar-refractivity contribution in [2.45, 2.75) is 89.7 Å². The van der Waals surface area contributed by atoms with Gasteiger partial charge in [-0.1, -0.05) is 72.6 Å². The largest absolute Gasteiger partial charge is 0.459 e. The summed E-state index contributed by atoms with van der Waals surface area (Å²) in [5.41, 5.74) is 3.86. The monoisotopic (exact) mass is 827 g/mol. The van der Waals surface area contributed by atoms with E-state index in [2.05, 4.69) is 18.0 Å². The Balaban J connectivity index is 1.60. The molecule has 6 atom stereocenters. The number of rotatable bonds is 20. The molecule has 2 aliphatic carbocycles. The molecule has 1 aliphatic heterocycles. The summed E-state index contributed by atoms with van der Waals surface area (Å²) in [6, 6.07) is 20.1. The maximum absolute atomic E-state index is 14.4. The average molecular weight is 828 g/mol. The molecule has 3 N–H and O–H groups in total. The van der Waals surface area contributed by atoms with Crippen LogP contribution in [-0.4, -0.2) is 77.8 Å². The molecule has 3 aromatic rings. The SMILES string of the molecule is C=CCO[C@@]12Oc3ccc(OC(=O)NCC)cc3[C@H]3[C@H](CCCCO)[C@@H](CCCCO)C=C(C(=NOCc4ccccc4)C[C@@H]1N(Cc1ccc(F)cc1)C(=O)OCC)[C@H]32. The van der Waals surface area contributed by atoms with E-state index in [0.717, 1.165) is 42.4 Å². The van der Waals surface area contributed by atoms with Crippen LogP contribution in [0, 0.1) is 23.6 Å². The Morgan fingerprint density at radius 3 is 2.45 bits per heavy atom. The lowest BCUT2D eigenvalue weighted by atomic mass is 9.55. The standard InChI is InChI=1S/C47H58FN3O9/c1-4-26-57-47-42(51(46(55)56-6-3)30-32-18-20-35(48)21-19-32)29-40(50-58-31-33-14-8-7-9-15-33)38-27-34(16-10-12-24-52)37(17-11-13-25-53)43(44(38)47)39-28-36(22-23-41(39)60-47)59-45(54)49-5-2/h4,7-9,14-15,18-23,27-28,34,37,42-44,52-53H,1,5-6,10-13,16-17,24-26,29-31H2,2-3H3,(H,49,54)/t34-,37+,42-,43+,44+,47+/m0/s1. The molecule has 3 aliphatic rings. The van der Waals surface area contributed by atoms with Crippen LogP contribution in [0.4, 0.5) is 14.0 Å². The quantitative estimate of drug-likeness (QED) is 0.0580. The van der Waals surface area contributed by atoms with Crippen molar-refractivity contribution >= 4 is 17.9 Å². The lowest BCUT2D eigenvalue weighted by Crippen LogP contribution is -2.70. The van der Waals surface area contributed by atoms with Gasteiger partial charge in [-0.05, 0) is 98.4 Å². The van der Waals surface area contributed by atoms with E-state index in [0.29, 0.717) is 42.2 Å². The van der Waals surface area contributed by atoms with Gasteiger partial charge in [0.25, 0.3) is 0 Å². The van der Waals surface area contributed by atoms with E-state index in [1.165, 1.54) is 12.1 Å². The molecule has 1 fully saturated rings. The van der Waals surface area contributed by atoms with E-state index in [1.807, 2.05) is 43.3 Å². The summed E-state index contributed by atoms with van der Waals surface area (Å²) in [7, 11) is 0. The second-order valence-corrected chi connectivity index (χ2v) is 15.4. The third kappa shape index (κ3) is 10.2. The zero-order valence-corrected chi connectivity index (χ0v) is 34.6. The number of amides is 2. The summed E-state index contributed by atoms with van der Waals surface area (Å²) in [5, 5.41) is 27.3. The van der Waals surface area contributed by atoms with E-state index in [1.54, 1.807) is 42.2 Å². The van der Waals surface area contributed by atoms with Crippen molar-refractivity contribution in [3.8, 4) is 11.5 Å². The van der Waals surface area contributed by atoms with E-state index in [9.17, 15) is 24.2 Å². The van der Waals surface area contributed by atoms with E-state index >= 15 is 0 Å². The van der Waals surface area contributed by atoms with Gasteiger partial charge in [0, 0.05) is 44.2 Å². The van der Waals surface area contributed by atoms with Gasteiger partial charge in [-0.25, -0.2) is 14.0 Å². The molecule has 0 bridgehead atoms. The van der Waals surface area contributed by atoms with Gasteiger partial charge >= 0.3 is 12.2 Å². The minimum absolute atomic E-state index is 0.00115. The molecule has 0 saturated heterocycles. The Bertz CT molecular complexity index is 1960. The summed E-state index contributed by atoms with van der Waals surface area (Å²) in [4.78, 5) is 34.8. The van der Waals surface area contributed by atoms with E-state index in [4.69, 9.17) is 28.9 Å². The van der Waals surface area contributed by atoms with Crippen molar-refractivity contribution in [2.75, 3.05) is 33.0 Å². The number of allylic oxidation sites excluding steroid dienone is 1. The second kappa shape index (κ2) is 21.3. The van der Waals surface area contributed by atoms with Crippen molar-refractivity contribution < 1.29 is 48.0 Å². The van der Waals surface area contributed by atoms with Crippen molar-refractivity contribution in [1.29, 1.82) is 0 Å². The predicted octanol–water partition coefficient (Wildman–Crippen LogP) is 8.43. The van der Waals surface area contributed by atoms with E-state index in [-0.39, 0.29) is 63.8 Å². The minimum Gasteiger partial charge on any atom is -0.459 e. The van der Waals surface area contributed by atoms with Crippen molar-refractivity contribution in [1.82, 2.24) is 10.2 Å². The smallest absolute Gasteiger partial charge is 0.412 e. The van der Waals surface area contributed by atoms with Crippen LogP contribution in [0.1, 0.15) is 81.4 Å². The number of carbonyl (C=O) groups excluding carboxylic acids is 2. The number of aliphatic hydroxyl groups is 2. The molecule has 6 rings (SSSR count). The summed E-state index contributed by atoms with van der Waals surface area (Å²) >= 11 is 0. The number of ether oxygens (including phenoxy) is 4. The molecule has 12 nitrogen and oxygen atoms in total. The lowest BCUT2D eigenvalue weighted by molar-refractivity contribution is -0.256. The Kier molecular flexibility index (Phi) is 15.8. The first-order chi connectivity index (χ1) is 29.3. The first-order valence-electron chi connectivity index (χ1n) is 21.1. The van der Waals surface area contributed by atoms with Crippen molar-refractivity contribution in [3.63, 3.8) is 0 Å². The normalized spacial score (nSPS) is 23.3. The van der Waals surface area contributed by atoms with Crippen LogP contribution >= 0.6 is 0 Å². The number of oxime groups is 1. The molecule has 3 aromatic carbocycles. The minimum atomic E-state index is -1.55. The zero-order chi connectivity index (χ0) is 42.5. The van der Waals surface area contributed by atoms with Crippen molar-refractivity contribution in [3.05, 3.63) is 120 Å². The molecule has 1 heterocycles. The number of nitrogens with one attached hydrogen (secondary N) is 1. The third-order valence-electron chi connectivity index (χ3n) is 11.6. The van der Waals surface area contributed by atoms with Gasteiger partial charge in [-0.15, -0.1) is 6.58 Å². The van der Waals surface area contributed by atoms with Gasteiger partial charge in [0.15, 0.2) is 0 Å². The number of nitrogens with zero attached hydrogens (tertiary/aromatic N) is 2. The Morgan fingerprint density at radius 1 is 1.00 bits per heavy atom. The molecule has 0 radical (unpaired) electrons. The Morgan fingerprint density at radius 2 is 1.75 bits per heavy atom.